The maximum absolute atomic E-state index is 12.0. The van der Waals surface area contributed by atoms with Crippen LogP contribution in [0.5, 0.6) is 11.5 Å². The largest absolute Gasteiger partial charge is 0.453 e. The van der Waals surface area contributed by atoms with Crippen LogP contribution in [-0.2, 0) is 10.1 Å². The Labute approximate surface area is 163 Å². The van der Waals surface area contributed by atoms with E-state index in [-0.39, 0.29) is 12.2 Å². The Morgan fingerprint density at radius 2 is 1.64 bits per heavy atom. The molecule has 0 radical (unpaired) electrons. The van der Waals surface area contributed by atoms with Crippen molar-refractivity contribution in [2.45, 2.75) is 18.6 Å². The lowest BCUT2D eigenvalue weighted by Gasteiger charge is -2.33. The van der Waals surface area contributed by atoms with E-state index < -0.39 is 15.4 Å². The zero-order valence-corrected chi connectivity index (χ0v) is 16.0. The highest BCUT2D eigenvalue weighted by molar-refractivity contribution is 7.86. The van der Waals surface area contributed by atoms with Crippen molar-refractivity contribution in [3.8, 4) is 11.5 Å². The summed E-state index contributed by atoms with van der Waals surface area (Å²) >= 11 is 0. The highest BCUT2D eigenvalue weighted by Gasteiger charge is 2.31. The Bertz CT molecular complexity index is 1070. The van der Waals surface area contributed by atoms with Gasteiger partial charge in [0.15, 0.2) is 11.5 Å². The van der Waals surface area contributed by atoms with Crippen LogP contribution >= 0.6 is 0 Å². The van der Waals surface area contributed by atoms with Crippen molar-refractivity contribution in [3.63, 3.8) is 0 Å². The number of aromatic nitrogens is 2. The van der Waals surface area contributed by atoms with E-state index in [0.29, 0.717) is 23.7 Å². The van der Waals surface area contributed by atoms with Crippen molar-refractivity contribution < 1.29 is 17.7 Å². The van der Waals surface area contributed by atoms with E-state index in [9.17, 15) is 13.0 Å². The maximum Gasteiger partial charge on any atom is 0.275 e. The Morgan fingerprint density at radius 3 is 2.21 bits per heavy atom. The highest BCUT2D eigenvalue weighted by atomic mass is 32.2. The van der Waals surface area contributed by atoms with Crippen molar-refractivity contribution in [2.24, 2.45) is 0 Å². The van der Waals surface area contributed by atoms with Gasteiger partial charge in [-0.15, -0.1) is 0 Å². The summed E-state index contributed by atoms with van der Waals surface area (Å²) in [5.74, 6) is 1.48. The standard InChI is InChI=1S/C20H19N3O4S/c1-14-10-12-21-20(22-14)19(28(24,25)26)11-13-23-15-6-2-4-8-17(15)27-18-9-5-3-7-16(18)23/h2-10,12,19H,11,13H2,1H3,(H,24,25,26). The fraction of sp³-hybridized carbons (Fsp3) is 0.200. The molecule has 28 heavy (non-hydrogen) atoms. The molecule has 0 amide bonds. The van der Waals surface area contributed by atoms with E-state index in [1.165, 1.54) is 6.20 Å². The zero-order valence-electron chi connectivity index (χ0n) is 15.2. The molecule has 0 spiro atoms. The molecule has 1 aliphatic rings. The predicted molar refractivity (Wildman–Crippen MR) is 106 cm³/mol. The van der Waals surface area contributed by atoms with Crippen LogP contribution in [0.1, 0.15) is 23.2 Å². The number of nitrogens with zero attached hydrogens (tertiary/aromatic N) is 3. The Balaban J connectivity index is 1.69. The predicted octanol–water partition coefficient (Wildman–Crippen LogP) is 4.05. The monoisotopic (exact) mass is 397 g/mol. The molecule has 0 saturated carbocycles. The van der Waals surface area contributed by atoms with Gasteiger partial charge in [-0.2, -0.15) is 8.42 Å². The molecule has 0 aliphatic carbocycles. The summed E-state index contributed by atoms with van der Waals surface area (Å²) in [7, 11) is -4.37. The quantitative estimate of drug-likeness (QED) is 0.649. The molecule has 1 aromatic heterocycles. The fourth-order valence-corrected chi connectivity index (χ4v) is 4.09. The van der Waals surface area contributed by atoms with E-state index in [0.717, 1.165) is 11.4 Å². The smallest absolute Gasteiger partial charge is 0.275 e. The van der Waals surface area contributed by atoms with Crippen LogP contribution in [0.25, 0.3) is 0 Å². The number of ether oxygens (including phenoxy) is 1. The van der Waals surface area contributed by atoms with Crippen molar-refractivity contribution in [2.75, 3.05) is 11.4 Å². The second-order valence-corrected chi connectivity index (χ2v) is 8.14. The molecule has 3 aromatic rings. The molecule has 0 fully saturated rings. The van der Waals surface area contributed by atoms with E-state index in [1.54, 1.807) is 13.0 Å². The lowest BCUT2D eigenvalue weighted by Crippen LogP contribution is -2.26. The average Bonchev–Trinajstić information content (AvgIpc) is 2.66. The van der Waals surface area contributed by atoms with Crippen molar-refractivity contribution >= 4 is 21.5 Å². The summed E-state index contributed by atoms with van der Waals surface area (Å²) in [4.78, 5) is 10.3. The minimum absolute atomic E-state index is 0.0947. The van der Waals surface area contributed by atoms with Gasteiger partial charge in [0.2, 0.25) is 0 Å². The molecule has 1 aliphatic heterocycles. The molecular weight excluding hydrogens is 378 g/mol. The summed E-state index contributed by atoms with van der Waals surface area (Å²) in [5.41, 5.74) is 2.31. The molecule has 7 nitrogen and oxygen atoms in total. The van der Waals surface area contributed by atoms with Gasteiger partial charge < -0.3 is 9.64 Å². The molecule has 2 aromatic carbocycles. The van der Waals surface area contributed by atoms with Gasteiger partial charge in [-0.3, -0.25) is 4.55 Å². The van der Waals surface area contributed by atoms with Gasteiger partial charge in [0, 0.05) is 18.4 Å². The second-order valence-electron chi connectivity index (χ2n) is 6.54. The van der Waals surface area contributed by atoms with Gasteiger partial charge >= 0.3 is 0 Å². The number of aryl methyl sites for hydroxylation is 1. The number of rotatable bonds is 5. The van der Waals surface area contributed by atoms with Crippen LogP contribution in [-0.4, -0.2) is 29.5 Å². The van der Waals surface area contributed by atoms with Crippen LogP contribution in [0, 0.1) is 6.92 Å². The SMILES string of the molecule is Cc1ccnc(C(CCN2c3ccccc3Oc3ccccc32)S(=O)(=O)O)n1. The van der Waals surface area contributed by atoms with Crippen LogP contribution < -0.4 is 9.64 Å². The minimum atomic E-state index is -4.37. The van der Waals surface area contributed by atoms with Gasteiger partial charge in [0.05, 0.1) is 11.4 Å². The molecule has 1 N–H and O–H groups in total. The molecule has 0 bridgehead atoms. The normalized spacial score (nSPS) is 14.0. The molecule has 1 unspecified atom stereocenters. The molecule has 1 atom stereocenters. The van der Waals surface area contributed by atoms with E-state index in [1.807, 2.05) is 53.4 Å². The molecule has 0 saturated heterocycles. The van der Waals surface area contributed by atoms with Crippen LogP contribution in [0.2, 0.25) is 0 Å². The summed E-state index contributed by atoms with van der Waals surface area (Å²) in [6.45, 7) is 2.08. The lowest BCUT2D eigenvalue weighted by atomic mass is 10.1. The van der Waals surface area contributed by atoms with Gasteiger partial charge in [-0.1, -0.05) is 24.3 Å². The molecule has 2 heterocycles. The van der Waals surface area contributed by atoms with Crippen LogP contribution in [0.4, 0.5) is 11.4 Å². The number of benzene rings is 2. The van der Waals surface area contributed by atoms with Crippen LogP contribution in [0.15, 0.2) is 60.8 Å². The van der Waals surface area contributed by atoms with Crippen molar-refractivity contribution in [1.29, 1.82) is 0 Å². The van der Waals surface area contributed by atoms with Gasteiger partial charge in [-0.05, 0) is 43.7 Å². The average molecular weight is 397 g/mol. The van der Waals surface area contributed by atoms with Crippen molar-refractivity contribution in [3.05, 3.63) is 72.3 Å². The number of hydrogen-bond donors (Lipinski definition) is 1. The third-order valence-corrected chi connectivity index (χ3v) is 5.77. The maximum atomic E-state index is 12.0. The first-order valence-electron chi connectivity index (χ1n) is 8.83. The minimum Gasteiger partial charge on any atom is -0.453 e. The summed E-state index contributed by atoms with van der Waals surface area (Å²) in [6, 6.07) is 16.8. The first-order valence-corrected chi connectivity index (χ1v) is 10.3. The molecular formula is C20H19N3O4S. The lowest BCUT2D eigenvalue weighted by molar-refractivity contribution is 0.458. The number of anilines is 2. The van der Waals surface area contributed by atoms with Gasteiger partial charge in [0.1, 0.15) is 11.1 Å². The third-order valence-electron chi connectivity index (χ3n) is 4.61. The Morgan fingerprint density at radius 1 is 1.04 bits per heavy atom. The molecule has 4 rings (SSSR count). The Kier molecular flexibility index (Phi) is 4.74. The van der Waals surface area contributed by atoms with E-state index >= 15 is 0 Å². The first kappa shape index (κ1) is 18.4. The topological polar surface area (TPSA) is 92.6 Å². The van der Waals surface area contributed by atoms with Crippen LogP contribution in [0.3, 0.4) is 0 Å². The number of hydrogen-bond acceptors (Lipinski definition) is 6. The zero-order chi connectivity index (χ0) is 19.7. The number of fused-ring (bicyclic) bond motifs is 2. The highest BCUT2D eigenvalue weighted by Crippen LogP contribution is 2.46. The summed E-state index contributed by atoms with van der Waals surface area (Å²) in [5, 5.41) is -1.21. The molecule has 8 heteroatoms. The summed E-state index contributed by atoms with van der Waals surface area (Å²) in [6.07, 6.45) is 1.61. The van der Waals surface area contributed by atoms with Crippen molar-refractivity contribution in [1.82, 2.24) is 9.97 Å². The van der Waals surface area contributed by atoms with Gasteiger partial charge in [0.25, 0.3) is 10.1 Å². The number of para-hydroxylation sites is 4. The second kappa shape index (κ2) is 7.21. The van der Waals surface area contributed by atoms with Gasteiger partial charge in [-0.25, -0.2) is 9.97 Å². The van der Waals surface area contributed by atoms with E-state index in [2.05, 4.69) is 9.97 Å². The molecule has 144 valence electrons. The van der Waals surface area contributed by atoms with E-state index in [4.69, 9.17) is 4.74 Å². The fourth-order valence-electron chi connectivity index (χ4n) is 3.30. The first-order chi connectivity index (χ1) is 13.4. The third kappa shape index (κ3) is 3.56. The Hall–Kier alpha value is -2.97. The summed E-state index contributed by atoms with van der Waals surface area (Å²) < 4.78 is 39.8.